The molecule has 5 rings (SSSR count). The zero-order valence-electron chi connectivity index (χ0n) is 14.9. The number of amides is 1. The first-order valence-corrected chi connectivity index (χ1v) is 10.1. The van der Waals surface area contributed by atoms with Crippen LogP contribution in [0.25, 0.3) is 0 Å². The van der Waals surface area contributed by atoms with Gasteiger partial charge in [-0.1, -0.05) is 6.92 Å². The van der Waals surface area contributed by atoms with Crippen molar-refractivity contribution in [3.05, 3.63) is 0 Å². The van der Waals surface area contributed by atoms with Crippen LogP contribution in [-0.4, -0.2) is 37.0 Å². The second kappa shape index (κ2) is 6.38. The first kappa shape index (κ1) is 15.9. The third-order valence-electron chi connectivity index (χ3n) is 7.34. The molecule has 0 aromatic carbocycles. The molecule has 4 bridgehead atoms. The van der Waals surface area contributed by atoms with Crippen LogP contribution in [0.5, 0.6) is 0 Å². The smallest absolute Gasteiger partial charge is 0.223 e. The average Bonchev–Trinajstić information content (AvgIpc) is 2.51. The Balaban J connectivity index is 1.31. The lowest BCUT2D eigenvalue weighted by Gasteiger charge is -2.57. The Hall–Kier alpha value is -0.570. The Bertz CT molecular complexity index is 404. The van der Waals surface area contributed by atoms with Crippen molar-refractivity contribution in [2.75, 3.05) is 26.2 Å². The highest BCUT2D eigenvalue weighted by molar-refractivity contribution is 5.77. The van der Waals surface area contributed by atoms with Gasteiger partial charge in [-0.3, -0.25) is 4.79 Å². The van der Waals surface area contributed by atoms with Gasteiger partial charge in [0, 0.05) is 19.5 Å². The van der Waals surface area contributed by atoms with Crippen molar-refractivity contribution in [2.24, 2.45) is 29.1 Å². The molecule has 130 valence electrons. The van der Waals surface area contributed by atoms with Crippen LogP contribution in [-0.2, 0) is 4.79 Å². The highest BCUT2D eigenvalue weighted by atomic mass is 16.2. The van der Waals surface area contributed by atoms with Crippen molar-refractivity contribution < 1.29 is 4.79 Å². The van der Waals surface area contributed by atoms with Crippen molar-refractivity contribution in [3.63, 3.8) is 0 Å². The molecule has 4 aliphatic carbocycles. The van der Waals surface area contributed by atoms with Gasteiger partial charge in [0.05, 0.1) is 0 Å². The summed E-state index contributed by atoms with van der Waals surface area (Å²) in [5.41, 5.74) is 0.409. The minimum absolute atomic E-state index is 0.409. The molecule has 0 atom stereocenters. The predicted octanol–water partition coefficient (Wildman–Crippen LogP) is 3.44. The molecule has 1 heterocycles. The lowest BCUT2D eigenvalue weighted by molar-refractivity contribution is -0.140. The maximum Gasteiger partial charge on any atom is 0.223 e. The molecule has 1 aliphatic heterocycles. The van der Waals surface area contributed by atoms with Crippen molar-refractivity contribution >= 4 is 5.91 Å². The number of hydrogen-bond donors (Lipinski definition) is 1. The van der Waals surface area contributed by atoms with Gasteiger partial charge in [-0.15, -0.1) is 0 Å². The van der Waals surface area contributed by atoms with E-state index in [1.54, 1.807) is 0 Å². The fraction of sp³-hybridized carbons (Fsp3) is 0.950. The Labute approximate surface area is 141 Å². The van der Waals surface area contributed by atoms with Crippen molar-refractivity contribution in [1.82, 2.24) is 10.2 Å². The van der Waals surface area contributed by atoms with E-state index in [2.05, 4.69) is 17.1 Å². The van der Waals surface area contributed by atoms with E-state index in [9.17, 15) is 4.79 Å². The quantitative estimate of drug-likeness (QED) is 0.842. The highest BCUT2D eigenvalue weighted by Gasteiger charge is 2.51. The van der Waals surface area contributed by atoms with Gasteiger partial charge in [0.2, 0.25) is 5.91 Å². The first-order valence-electron chi connectivity index (χ1n) is 10.1. The van der Waals surface area contributed by atoms with Crippen molar-refractivity contribution in [2.45, 2.75) is 64.7 Å². The van der Waals surface area contributed by atoms with E-state index in [0.717, 1.165) is 56.3 Å². The highest BCUT2D eigenvalue weighted by Crippen LogP contribution is 2.61. The number of rotatable bonds is 5. The van der Waals surface area contributed by atoms with E-state index < -0.39 is 0 Å². The molecule has 0 unspecified atom stereocenters. The molecular weight excluding hydrogens is 284 g/mol. The second-order valence-electron chi connectivity index (χ2n) is 9.23. The van der Waals surface area contributed by atoms with Gasteiger partial charge in [-0.25, -0.2) is 0 Å². The zero-order chi connectivity index (χ0) is 15.9. The van der Waals surface area contributed by atoms with E-state index in [4.69, 9.17) is 0 Å². The van der Waals surface area contributed by atoms with E-state index in [1.807, 2.05) is 0 Å². The minimum atomic E-state index is 0.409. The number of carbonyl (C=O) groups is 1. The standard InChI is InChI=1S/C20H34N2O/c1-2-21-14-15-3-5-22(6-4-15)19(23)13-20-10-16-7-17(11-20)9-18(8-16)12-20/h15-18,21H,2-14H2,1H3. The van der Waals surface area contributed by atoms with Crippen LogP contribution in [0.2, 0.25) is 0 Å². The lowest BCUT2D eigenvalue weighted by Crippen LogP contribution is -2.49. The number of hydrogen-bond acceptors (Lipinski definition) is 2. The number of piperidine rings is 1. The van der Waals surface area contributed by atoms with E-state index in [0.29, 0.717) is 11.3 Å². The fourth-order valence-corrected chi connectivity index (χ4v) is 6.67. The molecule has 1 saturated heterocycles. The van der Waals surface area contributed by atoms with Crippen molar-refractivity contribution in [3.8, 4) is 0 Å². The maximum atomic E-state index is 12.9. The summed E-state index contributed by atoms with van der Waals surface area (Å²) in [6.07, 6.45) is 11.8. The molecule has 5 fully saturated rings. The molecular formula is C20H34N2O. The van der Waals surface area contributed by atoms with E-state index >= 15 is 0 Å². The van der Waals surface area contributed by atoms with Crippen LogP contribution in [0.1, 0.15) is 64.7 Å². The van der Waals surface area contributed by atoms with Crippen LogP contribution in [0.4, 0.5) is 0 Å². The molecule has 0 radical (unpaired) electrons. The molecule has 4 saturated carbocycles. The largest absolute Gasteiger partial charge is 0.343 e. The SMILES string of the molecule is CCNCC1CCN(C(=O)CC23CC4CC(CC(C4)C2)C3)CC1. The molecule has 3 nitrogen and oxygen atoms in total. The minimum Gasteiger partial charge on any atom is -0.343 e. The predicted molar refractivity (Wildman–Crippen MR) is 93.1 cm³/mol. The third kappa shape index (κ3) is 3.31. The Morgan fingerprint density at radius 2 is 1.61 bits per heavy atom. The topological polar surface area (TPSA) is 32.3 Å². The summed E-state index contributed by atoms with van der Waals surface area (Å²) in [7, 11) is 0. The molecule has 0 spiro atoms. The number of nitrogens with zero attached hydrogens (tertiary/aromatic N) is 1. The van der Waals surface area contributed by atoms with E-state index in [-0.39, 0.29) is 0 Å². The third-order valence-corrected chi connectivity index (χ3v) is 7.34. The number of likely N-dealkylation sites (tertiary alicyclic amines) is 1. The van der Waals surface area contributed by atoms with Crippen LogP contribution in [0, 0.1) is 29.1 Å². The maximum absolute atomic E-state index is 12.9. The molecule has 5 aliphatic rings. The summed E-state index contributed by atoms with van der Waals surface area (Å²) >= 11 is 0. The summed E-state index contributed by atoms with van der Waals surface area (Å²) in [5.74, 6) is 4.13. The van der Waals surface area contributed by atoms with Gasteiger partial charge < -0.3 is 10.2 Å². The molecule has 1 N–H and O–H groups in total. The average molecular weight is 319 g/mol. The Kier molecular flexibility index (Phi) is 4.42. The van der Waals surface area contributed by atoms with Crippen LogP contribution >= 0.6 is 0 Å². The normalized spacial score (nSPS) is 39.9. The summed E-state index contributed by atoms with van der Waals surface area (Å²) in [4.78, 5) is 15.1. The van der Waals surface area contributed by atoms with Crippen molar-refractivity contribution in [1.29, 1.82) is 0 Å². The van der Waals surface area contributed by atoms with Crippen LogP contribution in [0.15, 0.2) is 0 Å². The Morgan fingerprint density at radius 3 is 2.13 bits per heavy atom. The van der Waals surface area contributed by atoms with Gasteiger partial charge in [0.25, 0.3) is 0 Å². The summed E-state index contributed by atoms with van der Waals surface area (Å²) in [6.45, 7) is 6.37. The first-order chi connectivity index (χ1) is 11.2. The van der Waals surface area contributed by atoms with Crippen LogP contribution < -0.4 is 5.32 Å². The summed E-state index contributed by atoms with van der Waals surface area (Å²) < 4.78 is 0. The van der Waals surface area contributed by atoms with Gasteiger partial charge in [-0.2, -0.15) is 0 Å². The summed E-state index contributed by atoms with van der Waals surface area (Å²) in [6, 6.07) is 0. The fourth-order valence-electron chi connectivity index (χ4n) is 6.67. The molecule has 1 amide bonds. The number of carbonyl (C=O) groups excluding carboxylic acids is 1. The zero-order valence-corrected chi connectivity index (χ0v) is 14.9. The molecule has 23 heavy (non-hydrogen) atoms. The molecule has 0 aromatic rings. The van der Waals surface area contributed by atoms with Gasteiger partial charge >= 0.3 is 0 Å². The van der Waals surface area contributed by atoms with Gasteiger partial charge in [-0.05, 0) is 93.5 Å². The van der Waals surface area contributed by atoms with E-state index in [1.165, 1.54) is 51.4 Å². The second-order valence-corrected chi connectivity index (χ2v) is 9.23. The molecule has 0 aromatic heterocycles. The number of nitrogens with one attached hydrogen (secondary N) is 1. The summed E-state index contributed by atoms with van der Waals surface area (Å²) in [5, 5.41) is 3.46. The monoisotopic (exact) mass is 318 g/mol. The van der Waals surface area contributed by atoms with Gasteiger partial charge in [0.1, 0.15) is 0 Å². The molecule has 3 heteroatoms. The Morgan fingerprint density at radius 1 is 1.04 bits per heavy atom. The van der Waals surface area contributed by atoms with Gasteiger partial charge in [0.15, 0.2) is 0 Å². The lowest BCUT2D eigenvalue weighted by atomic mass is 9.49. The van der Waals surface area contributed by atoms with Crippen LogP contribution in [0.3, 0.4) is 0 Å².